The Kier molecular flexibility index (Phi) is 5.72. The summed E-state index contributed by atoms with van der Waals surface area (Å²) in [6.45, 7) is 1.66. The van der Waals surface area contributed by atoms with Gasteiger partial charge in [-0.05, 0) is 24.6 Å². The molecule has 2 atom stereocenters. The molecule has 0 spiro atoms. The number of halogens is 2. The molecule has 0 radical (unpaired) electrons. The topological polar surface area (TPSA) is 105 Å². The van der Waals surface area contributed by atoms with Gasteiger partial charge >= 0.3 is 0 Å². The Morgan fingerprint density at radius 1 is 1.26 bits per heavy atom. The van der Waals surface area contributed by atoms with Crippen molar-refractivity contribution < 1.29 is 13.6 Å². The number of alkyl halides is 2. The number of amides is 1. The van der Waals surface area contributed by atoms with Gasteiger partial charge in [0.25, 0.3) is 0 Å². The van der Waals surface area contributed by atoms with Crippen molar-refractivity contribution in [3.8, 4) is 11.3 Å². The van der Waals surface area contributed by atoms with Crippen LogP contribution in [0.15, 0.2) is 30.7 Å². The number of carbonyl (C=O) groups excluding carboxylic acids is 1. The lowest BCUT2D eigenvalue weighted by Crippen LogP contribution is -2.49. The summed E-state index contributed by atoms with van der Waals surface area (Å²) in [5.74, 6) is 0.705. The van der Waals surface area contributed by atoms with Gasteiger partial charge in [-0.2, -0.15) is 4.98 Å². The van der Waals surface area contributed by atoms with Gasteiger partial charge in [0.1, 0.15) is 23.9 Å². The minimum absolute atomic E-state index is 0.0505. The standard InChI is InChI=1S/C22H25F2N9O/c1-13(34)31-8-6-17(15(24)11-31)28-22-29-20(25-2)19-14(5-9-33(19)30-22)16-3-4-18-21(27-16)32(10-7-23)12-26-18/h3-5,9,12,15,17H,6-8,10-11H2,1-2H3,(H2,25,28,29,30)/t15-,17+/m1/s1. The van der Waals surface area contributed by atoms with Crippen molar-refractivity contribution in [2.75, 3.05) is 37.4 Å². The zero-order chi connectivity index (χ0) is 23.8. The van der Waals surface area contributed by atoms with E-state index in [0.717, 1.165) is 5.56 Å². The van der Waals surface area contributed by atoms with Crippen molar-refractivity contribution >= 4 is 34.4 Å². The molecule has 1 aliphatic rings. The Hall–Kier alpha value is -3.83. The van der Waals surface area contributed by atoms with Gasteiger partial charge in [-0.1, -0.05) is 0 Å². The molecular weight excluding hydrogens is 444 g/mol. The highest BCUT2D eigenvalue weighted by Crippen LogP contribution is 2.30. The number of pyridine rings is 1. The van der Waals surface area contributed by atoms with Crippen LogP contribution in [0.5, 0.6) is 0 Å². The number of rotatable bonds is 6. The number of anilines is 2. The van der Waals surface area contributed by atoms with Gasteiger partial charge in [-0.15, -0.1) is 5.10 Å². The lowest BCUT2D eigenvalue weighted by atomic mass is 10.0. The Morgan fingerprint density at radius 3 is 2.85 bits per heavy atom. The van der Waals surface area contributed by atoms with E-state index in [1.54, 1.807) is 28.7 Å². The molecule has 0 unspecified atom stereocenters. The predicted molar refractivity (Wildman–Crippen MR) is 124 cm³/mol. The first-order chi connectivity index (χ1) is 16.5. The smallest absolute Gasteiger partial charge is 0.243 e. The number of likely N-dealkylation sites (tertiary alicyclic amines) is 1. The van der Waals surface area contributed by atoms with Crippen molar-refractivity contribution in [3.63, 3.8) is 0 Å². The highest BCUT2D eigenvalue weighted by Gasteiger charge is 2.31. The summed E-state index contributed by atoms with van der Waals surface area (Å²) in [6, 6.07) is 5.09. The van der Waals surface area contributed by atoms with Crippen LogP contribution in [0, 0.1) is 0 Å². The average molecular weight is 470 g/mol. The quantitative estimate of drug-likeness (QED) is 0.447. The van der Waals surface area contributed by atoms with Gasteiger partial charge in [0.05, 0.1) is 31.2 Å². The fourth-order valence-corrected chi connectivity index (χ4v) is 4.33. The van der Waals surface area contributed by atoms with Crippen molar-refractivity contribution in [1.29, 1.82) is 0 Å². The third-order valence-electron chi connectivity index (χ3n) is 6.11. The van der Waals surface area contributed by atoms with Crippen molar-refractivity contribution in [2.45, 2.75) is 32.1 Å². The molecular formula is C22H25F2N9O. The maximum absolute atomic E-state index is 14.7. The van der Waals surface area contributed by atoms with E-state index in [9.17, 15) is 13.6 Å². The molecule has 178 valence electrons. The first-order valence-electron chi connectivity index (χ1n) is 11.1. The van der Waals surface area contributed by atoms with Gasteiger partial charge in [0.15, 0.2) is 11.5 Å². The molecule has 1 fully saturated rings. The number of carbonyl (C=O) groups is 1. The van der Waals surface area contributed by atoms with Gasteiger partial charge in [-0.25, -0.2) is 23.3 Å². The number of hydrogen-bond acceptors (Lipinski definition) is 7. The van der Waals surface area contributed by atoms with E-state index < -0.39 is 18.9 Å². The number of hydrogen-bond donors (Lipinski definition) is 2. The molecule has 10 nitrogen and oxygen atoms in total. The van der Waals surface area contributed by atoms with Crippen molar-refractivity contribution in [2.24, 2.45) is 0 Å². The summed E-state index contributed by atoms with van der Waals surface area (Å²) in [7, 11) is 1.75. The largest absolute Gasteiger partial charge is 0.371 e. The van der Waals surface area contributed by atoms with E-state index >= 15 is 0 Å². The minimum atomic E-state index is -1.22. The fraction of sp³-hybridized carbons (Fsp3) is 0.409. The normalized spacial score (nSPS) is 18.5. The fourth-order valence-electron chi connectivity index (χ4n) is 4.33. The van der Waals surface area contributed by atoms with E-state index in [1.807, 2.05) is 18.2 Å². The maximum Gasteiger partial charge on any atom is 0.243 e. The second-order valence-electron chi connectivity index (χ2n) is 8.24. The number of aryl methyl sites for hydroxylation is 1. The van der Waals surface area contributed by atoms with Gasteiger partial charge < -0.3 is 20.1 Å². The predicted octanol–water partition coefficient (Wildman–Crippen LogP) is 2.52. The molecule has 1 amide bonds. The first-order valence-corrected chi connectivity index (χ1v) is 11.1. The van der Waals surface area contributed by atoms with E-state index in [0.29, 0.717) is 41.2 Å². The van der Waals surface area contributed by atoms with Gasteiger partial charge in [-0.3, -0.25) is 4.79 Å². The van der Waals surface area contributed by atoms with Crippen LogP contribution in [-0.2, 0) is 11.3 Å². The second kappa shape index (κ2) is 8.84. The summed E-state index contributed by atoms with van der Waals surface area (Å²) in [4.78, 5) is 26.6. The second-order valence-corrected chi connectivity index (χ2v) is 8.24. The van der Waals surface area contributed by atoms with Crippen LogP contribution >= 0.6 is 0 Å². The lowest BCUT2D eigenvalue weighted by molar-refractivity contribution is -0.131. The number of nitrogens with one attached hydrogen (secondary N) is 2. The first kappa shape index (κ1) is 22.0. The molecule has 0 aromatic carbocycles. The van der Waals surface area contributed by atoms with E-state index in [4.69, 9.17) is 4.98 Å². The molecule has 0 aliphatic carbocycles. The van der Waals surface area contributed by atoms with E-state index in [2.05, 4.69) is 25.7 Å². The minimum Gasteiger partial charge on any atom is -0.371 e. The number of imidazole rings is 1. The molecule has 5 rings (SSSR count). The highest BCUT2D eigenvalue weighted by molar-refractivity contribution is 5.89. The summed E-state index contributed by atoms with van der Waals surface area (Å²) in [6.07, 6.45) is 2.61. The third kappa shape index (κ3) is 3.88. The third-order valence-corrected chi connectivity index (χ3v) is 6.11. The zero-order valence-corrected chi connectivity index (χ0v) is 18.9. The van der Waals surface area contributed by atoms with Crippen LogP contribution in [0.25, 0.3) is 27.9 Å². The average Bonchev–Trinajstić information content (AvgIpc) is 3.44. The van der Waals surface area contributed by atoms with E-state index in [1.165, 1.54) is 11.8 Å². The molecule has 12 heteroatoms. The molecule has 0 saturated carbocycles. The van der Waals surface area contributed by atoms with Crippen LogP contribution in [0.3, 0.4) is 0 Å². The van der Waals surface area contributed by atoms with Gasteiger partial charge in [0, 0.05) is 32.3 Å². The van der Waals surface area contributed by atoms with Gasteiger partial charge in [0.2, 0.25) is 11.9 Å². The summed E-state index contributed by atoms with van der Waals surface area (Å²) >= 11 is 0. The Morgan fingerprint density at radius 2 is 2.12 bits per heavy atom. The Bertz CT molecular complexity index is 1350. The summed E-state index contributed by atoms with van der Waals surface area (Å²) < 4.78 is 30.9. The van der Waals surface area contributed by atoms with Crippen LogP contribution < -0.4 is 10.6 Å². The molecule has 4 aromatic heterocycles. The summed E-state index contributed by atoms with van der Waals surface area (Å²) in [5, 5.41) is 10.7. The maximum atomic E-state index is 14.7. The van der Waals surface area contributed by atoms with Crippen molar-refractivity contribution in [1.82, 2.24) is 34.0 Å². The van der Waals surface area contributed by atoms with Crippen LogP contribution in [0.1, 0.15) is 13.3 Å². The lowest BCUT2D eigenvalue weighted by Gasteiger charge is -2.34. The Balaban J connectivity index is 1.47. The molecule has 5 heterocycles. The monoisotopic (exact) mass is 469 g/mol. The number of aromatic nitrogens is 6. The van der Waals surface area contributed by atoms with Crippen molar-refractivity contribution in [3.05, 3.63) is 30.7 Å². The molecule has 2 N–H and O–H groups in total. The van der Waals surface area contributed by atoms with Crippen LogP contribution in [-0.4, -0.2) is 79.0 Å². The SMILES string of the molecule is CNc1nc(N[C@H]2CCN(C(C)=O)C[C@H]2F)nn2ccc(-c3ccc4ncn(CCF)c4n3)c12. The molecule has 1 saturated heterocycles. The summed E-state index contributed by atoms with van der Waals surface area (Å²) in [5.41, 5.74) is 3.47. The molecule has 34 heavy (non-hydrogen) atoms. The highest BCUT2D eigenvalue weighted by atomic mass is 19.1. The Labute approximate surface area is 194 Å². The number of piperidine rings is 1. The number of fused-ring (bicyclic) bond motifs is 2. The zero-order valence-electron chi connectivity index (χ0n) is 18.9. The molecule has 0 bridgehead atoms. The van der Waals surface area contributed by atoms with Crippen LogP contribution in [0.4, 0.5) is 20.5 Å². The molecule has 4 aromatic rings. The van der Waals surface area contributed by atoms with E-state index in [-0.39, 0.29) is 24.9 Å². The van der Waals surface area contributed by atoms with Crippen LogP contribution in [0.2, 0.25) is 0 Å². The number of nitrogens with zero attached hydrogens (tertiary/aromatic N) is 7. The molecule has 1 aliphatic heterocycles.